The molecule has 1 aromatic rings. The highest BCUT2D eigenvalue weighted by Gasteiger charge is 2.35. The Morgan fingerprint density at radius 3 is 2.35 bits per heavy atom. The number of aliphatic hydroxyl groups is 1. The van der Waals surface area contributed by atoms with Crippen molar-refractivity contribution in [3.8, 4) is 0 Å². The second-order valence-corrected chi connectivity index (χ2v) is 6.45. The first-order chi connectivity index (χ1) is 10.5. The molecule has 1 aliphatic rings. The van der Waals surface area contributed by atoms with Crippen molar-refractivity contribution in [1.82, 2.24) is 10.2 Å². The van der Waals surface area contributed by atoms with Crippen molar-refractivity contribution >= 4 is 18.4 Å². The number of carbonyl (C=O) groups is 1. The van der Waals surface area contributed by atoms with Crippen molar-refractivity contribution in [3.63, 3.8) is 0 Å². The van der Waals surface area contributed by atoms with Crippen LogP contribution in [0.4, 0.5) is 0 Å². The molecule has 0 bridgehead atoms. The number of esters is 1. The first-order valence-corrected chi connectivity index (χ1v) is 7.73. The molecule has 1 aromatic carbocycles. The van der Waals surface area contributed by atoms with Gasteiger partial charge in [0.25, 0.3) is 0 Å². The minimum Gasteiger partial charge on any atom is -0.465 e. The van der Waals surface area contributed by atoms with Gasteiger partial charge in [-0.25, -0.2) is 4.79 Å². The molecule has 1 saturated heterocycles. The Morgan fingerprint density at radius 2 is 1.87 bits per heavy atom. The summed E-state index contributed by atoms with van der Waals surface area (Å²) in [6.07, 6.45) is 0. The topological polar surface area (TPSA) is 61.8 Å². The fourth-order valence-electron chi connectivity index (χ4n) is 3.10. The number of rotatable bonds is 5. The van der Waals surface area contributed by atoms with E-state index in [2.05, 4.69) is 24.1 Å². The van der Waals surface area contributed by atoms with Crippen LogP contribution in [0.15, 0.2) is 24.3 Å². The summed E-state index contributed by atoms with van der Waals surface area (Å²) in [6.45, 7) is 8.08. The average Bonchev–Trinajstić information content (AvgIpc) is 2.56. The zero-order chi connectivity index (χ0) is 16.2. The van der Waals surface area contributed by atoms with Crippen molar-refractivity contribution in [2.75, 3.05) is 39.9 Å². The van der Waals surface area contributed by atoms with Crippen LogP contribution in [0.5, 0.6) is 0 Å². The van der Waals surface area contributed by atoms with Gasteiger partial charge in [-0.05, 0) is 17.7 Å². The predicted octanol–water partition coefficient (Wildman–Crippen LogP) is 1.86. The zero-order valence-electron chi connectivity index (χ0n) is 14.0. The molecular formula is C17H27ClN2O3. The van der Waals surface area contributed by atoms with Crippen LogP contribution >= 0.6 is 12.4 Å². The lowest BCUT2D eigenvalue weighted by Gasteiger charge is -2.43. The van der Waals surface area contributed by atoms with Crippen molar-refractivity contribution in [1.29, 1.82) is 0 Å². The Kier molecular flexibility index (Phi) is 7.48. The molecule has 5 nitrogen and oxygen atoms in total. The molecule has 1 atom stereocenters. The number of piperazine rings is 1. The first-order valence-electron chi connectivity index (χ1n) is 7.73. The van der Waals surface area contributed by atoms with E-state index in [0.29, 0.717) is 5.56 Å². The second kappa shape index (κ2) is 8.64. The maximum atomic E-state index is 11.6. The van der Waals surface area contributed by atoms with Crippen LogP contribution in [0.25, 0.3) is 0 Å². The summed E-state index contributed by atoms with van der Waals surface area (Å²) in [4.78, 5) is 14.0. The van der Waals surface area contributed by atoms with Gasteiger partial charge >= 0.3 is 5.97 Å². The Bertz CT molecular complexity index is 499. The summed E-state index contributed by atoms with van der Waals surface area (Å²) < 4.78 is 4.74. The van der Waals surface area contributed by atoms with Gasteiger partial charge in [0.1, 0.15) is 0 Å². The Labute approximate surface area is 144 Å². The molecule has 0 aromatic heterocycles. The number of hydrogen-bond acceptors (Lipinski definition) is 5. The van der Waals surface area contributed by atoms with Crippen LogP contribution in [-0.4, -0.2) is 55.9 Å². The predicted molar refractivity (Wildman–Crippen MR) is 93.1 cm³/mol. The quantitative estimate of drug-likeness (QED) is 0.800. The fraction of sp³-hybridized carbons (Fsp3) is 0.588. The standard InChI is InChI=1S/C17H26N2O3.ClH/c1-17(2,12-20)15(19-10-8-18-9-11-19)13-4-6-14(7-5-13)16(21)22-3;/h4-7,15,18,20H,8-12H2,1-3H3;1H/t15-;/m1./s1. The van der Waals surface area contributed by atoms with Gasteiger partial charge in [0.2, 0.25) is 0 Å². The summed E-state index contributed by atoms with van der Waals surface area (Å²) in [5, 5.41) is 13.2. The Hall–Kier alpha value is -1.14. The largest absolute Gasteiger partial charge is 0.465 e. The number of halogens is 1. The lowest BCUT2D eigenvalue weighted by atomic mass is 9.79. The van der Waals surface area contributed by atoms with E-state index in [0.717, 1.165) is 31.7 Å². The molecule has 0 spiro atoms. The molecule has 2 N–H and O–H groups in total. The minimum absolute atomic E-state index is 0. The molecule has 2 rings (SSSR count). The Balaban J connectivity index is 0.00000264. The van der Waals surface area contributed by atoms with Crippen LogP contribution in [0.1, 0.15) is 35.8 Å². The number of methoxy groups -OCH3 is 1. The highest BCUT2D eigenvalue weighted by atomic mass is 35.5. The van der Waals surface area contributed by atoms with Crippen LogP contribution in [0, 0.1) is 5.41 Å². The van der Waals surface area contributed by atoms with Crippen LogP contribution in [0.3, 0.4) is 0 Å². The molecule has 0 saturated carbocycles. The number of aliphatic hydroxyl groups excluding tert-OH is 1. The van der Waals surface area contributed by atoms with Gasteiger partial charge in [-0.2, -0.15) is 0 Å². The zero-order valence-corrected chi connectivity index (χ0v) is 14.9. The van der Waals surface area contributed by atoms with E-state index in [1.165, 1.54) is 7.11 Å². The van der Waals surface area contributed by atoms with E-state index in [9.17, 15) is 9.90 Å². The third-order valence-electron chi connectivity index (χ3n) is 4.31. The molecule has 1 aliphatic heterocycles. The highest BCUT2D eigenvalue weighted by molar-refractivity contribution is 5.89. The van der Waals surface area contributed by atoms with Gasteiger partial charge in [-0.15, -0.1) is 12.4 Å². The van der Waals surface area contributed by atoms with E-state index in [1.807, 2.05) is 12.1 Å². The molecule has 6 heteroatoms. The van der Waals surface area contributed by atoms with E-state index >= 15 is 0 Å². The smallest absolute Gasteiger partial charge is 0.337 e. The molecule has 23 heavy (non-hydrogen) atoms. The third-order valence-corrected chi connectivity index (χ3v) is 4.31. The third kappa shape index (κ3) is 4.67. The van der Waals surface area contributed by atoms with Gasteiger partial charge in [0, 0.05) is 44.2 Å². The van der Waals surface area contributed by atoms with Gasteiger partial charge in [0.05, 0.1) is 12.7 Å². The summed E-state index contributed by atoms with van der Waals surface area (Å²) in [5.74, 6) is -0.327. The van der Waals surface area contributed by atoms with E-state index in [1.54, 1.807) is 12.1 Å². The normalized spacial score (nSPS) is 17.2. The molecule has 0 amide bonds. The van der Waals surface area contributed by atoms with Crippen LogP contribution < -0.4 is 5.32 Å². The molecule has 0 radical (unpaired) electrons. The van der Waals surface area contributed by atoms with Crippen LogP contribution in [-0.2, 0) is 4.74 Å². The van der Waals surface area contributed by atoms with Gasteiger partial charge in [0.15, 0.2) is 0 Å². The monoisotopic (exact) mass is 342 g/mol. The molecule has 1 fully saturated rings. The summed E-state index contributed by atoms with van der Waals surface area (Å²) >= 11 is 0. The highest BCUT2D eigenvalue weighted by Crippen LogP contribution is 2.38. The first kappa shape index (κ1) is 19.9. The number of ether oxygens (including phenoxy) is 1. The number of benzene rings is 1. The van der Waals surface area contributed by atoms with Crippen LogP contribution in [0.2, 0.25) is 0 Å². The maximum absolute atomic E-state index is 11.6. The Morgan fingerprint density at radius 1 is 1.30 bits per heavy atom. The maximum Gasteiger partial charge on any atom is 0.337 e. The van der Waals surface area contributed by atoms with Crippen molar-refractivity contribution in [3.05, 3.63) is 35.4 Å². The van der Waals surface area contributed by atoms with Crippen molar-refractivity contribution < 1.29 is 14.6 Å². The SMILES string of the molecule is COC(=O)c1ccc([C@@H](N2CCNCC2)C(C)(C)CO)cc1.Cl. The molecular weight excluding hydrogens is 316 g/mol. The second-order valence-electron chi connectivity index (χ2n) is 6.45. The minimum atomic E-state index is -0.327. The van der Waals surface area contributed by atoms with E-state index in [-0.39, 0.29) is 36.4 Å². The lowest BCUT2D eigenvalue weighted by molar-refractivity contribution is 0.0305. The summed E-state index contributed by atoms with van der Waals surface area (Å²) in [5.41, 5.74) is 1.41. The molecule has 0 unspecified atom stereocenters. The summed E-state index contributed by atoms with van der Waals surface area (Å²) in [6, 6.07) is 7.65. The van der Waals surface area contributed by atoms with Crippen molar-refractivity contribution in [2.24, 2.45) is 5.41 Å². The fourth-order valence-corrected chi connectivity index (χ4v) is 3.10. The van der Waals surface area contributed by atoms with E-state index in [4.69, 9.17) is 4.74 Å². The lowest BCUT2D eigenvalue weighted by Crippen LogP contribution is -2.49. The molecule has 130 valence electrons. The molecule has 0 aliphatic carbocycles. The number of nitrogens with zero attached hydrogens (tertiary/aromatic N) is 1. The molecule has 1 heterocycles. The van der Waals surface area contributed by atoms with Gasteiger partial charge < -0.3 is 15.2 Å². The van der Waals surface area contributed by atoms with Gasteiger partial charge in [-0.1, -0.05) is 26.0 Å². The number of carbonyl (C=O) groups excluding carboxylic acids is 1. The van der Waals surface area contributed by atoms with Crippen molar-refractivity contribution in [2.45, 2.75) is 19.9 Å². The summed E-state index contributed by atoms with van der Waals surface area (Å²) in [7, 11) is 1.38. The number of nitrogens with one attached hydrogen (secondary N) is 1. The average molecular weight is 343 g/mol. The number of hydrogen-bond donors (Lipinski definition) is 2. The van der Waals surface area contributed by atoms with Gasteiger partial charge in [-0.3, -0.25) is 4.90 Å². The van der Waals surface area contributed by atoms with E-state index < -0.39 is 0 Å².